The number of aromatic nitrogens is 1. The minimum absolute atomic E-state index is 0.00889. The van der Waals surface area contributed by atoms with Crippen LogP contribution in [0.3, 0.4) is 0 Å². The van der Waals surface area contributed by atoms with E-state index in [1.165, 1.54) is 11.3 Å². The van der Waals surface area contributed by atoms with Crippen LogP contribution in [0.4, 0.5) is 0 Å². The van der Waals surface area contributed by atoms with Crippen LogP contribution in [0, 0.1) is 6.92 Å². The van der Waals surface area contributed by atoms with E-state index in [2.05, 4.69) is 26.0 Å². The van der Waals surface area contributed by atoms with Gasteiger partial charge in [0.2, 0.25) is 0 Å². The summed E-state index contributed by atoms with van der Waals surface area (Å²) in [6.45, 7) is 4.11. The third-order valence-corrected chi connectivity index (χ3v) is 5.00. The Labute approximate surface area is 150 Å². The Morgan fingerprint density at radius 1 is 1.33 bits per heavy atom. The van der Waals surface area contributed by atoms with Crippen LogP contribution in [0.1, 0.15) is 26.8 Å². The smallest absolute Gasteiger partial charge is 0.261 e. The number of hydrogen-bond donors (Lipinski definition) is 2. The molecule has 8 heteroatoms. The van der Waals surface area contributed by atoms with E-state index in [0.29, 0.717) is 6.54 Å². The van der Waals surface area contributed by atoms with E-state index in [9.17, 15) is 4.79 Å². The van der Waals surface area contributed by atoms with Gasteiger partial charge in [-0.15, -0.1) is 22.7 Å². The van der Waals surface area contributed by atoms with Crippen molar-refractivity contribution in [3.05, 3.63) is 38.5 Å². The summed E-state index contributed by atoms with van der Waals surface area (Å²) >= 11 is 3.11. The van der Waals surface area contributed by atoms with Gasteiger partial charge in [-0.25, -0.2) is 4.98 Å². The number of carbonyl (C=O) groups is 1. The Morgan fingerprint density at radius 2 is 2.12 bits per heavy atom. The van der Waals surface area contributed by atoms with Crippen molar-refractivity contribution in [2.24, 2.45) is 4.99 Å². The molecule has 2 N–H and O–H groups in total. The van der Waals surface area contributed by atoms with E-state index in [1.807, 2.05) is 36.4 Å². The van der Waals surface area contributed by atoms with Gasteiger partial charge in [0.05, 0.1) is 22.1 Å². The highest BCUT2D eigenvalue weighted by atomic mass is 32.1. The normalized spacial score (nSPS) is 11.4. The summed E-state index contributed by atoms with van der Waals surface area (Å²) in [6, 6.07) is 3.71. The molecular formula is C16H23N5OS2. The van der Waals surface area contributed by atoms with Gasteiger partial charge >= 0.3 is 0 Å². The molecule has 2 aromatic rings. The lowest BCUT2D eigenvalue weighted by atomic mass is 10.4. The fraction of sp³-hybridized carbons (Fsp3) is 0.438. The minimum atomic E-state index is -0.00889. The highest BCUT2D eigenvalue weighted by Crippen LogP contribution is 2.10. The van der Waals surface area contributed by atoms with Crippen molar-refractivity contribution in [2.45, 2.75) is 19.9 Å². The van der Waals surface area contributed by atoms with Crippen LogP contribution in [0.15, 0.2) is 27.9 Å². The molecule has 0 saturated heterocycles. The molecule has 6 nitrogen and oxygen atoms in total. The summed E-state index contributed by atoms with van der Waals surface area (Å²) in [7, 11) is 3.76. The predicted octanol–water partition coefficient (Wildman–Crippen LogP) is 2.34. The summed E-state index contributed by atoms with van der Waals surface area (Å²) in [5, 5.41) is 11.3. The van der Waals surface area contributed by atoms with Gasteiger partial charge in [0, 0.05) is 32.6 Å². The number of amides is 1. The number of nitrogens with zero attached hydrogens (tertiary/aromatic N) is 3. The van der Waals surface area contributed by atoms with Crippen LogP contribution < -0.4 is 10.6 Å². The van der Waals surface area contributed by atoms with Crippen molar-refractivity contribution < 1.29 is 4.79 Å². The van der Waals surface area contributed by atoms with Gasteiger partial charge in [-0.3, -0.25) is 9.79 Å². The summed E-state index contributed by atoms with van der Waals surface area (Å²) < 4.78 is 0. The molecule has 2 heterocycles. The third-order valence-electron chi connectivity index (χ3n) is 3.31. The van der Waals surface area contributed by atoms with Crippen LogP contribution in [0.2, 0.25) is 0 Å². The number of carbonyl (C=O) groups excluding carboxylic acids is 1. The van der Waals surface area contributed by atoms with Gasteiger partial charge in [-0.05, 0) is 24.8 Å². The van der Waals surface area contributed by atoms with E-state index in [4.69, 9.17) is 0 Å². The van der Waals surface area contributed by atoms with E-state index in [-0.39, 0.29) is 5.91 Å². The molecule has 0 bridgehead atoms. The van der Waals surface area contributed by atoms with Crippen LogP contribution in [0.5, 0.6) is 0 Å². The second kappa shape index (κ2) is 9.39. The van der Waals surface area contributed by atoms with Crippen molar-refractivity contribution in [3.8, 4) is 0 Å². The first-order valence-electron chi connectivity index (χ1n) is 7.74. The Hall–Kier alpha value is -1.93. The fourth-order valence-corrected chi connectivity index (χ4v) is 3.41. The maximum absolute atomic E-state index is 11.8. The number of rotatable bonds is 7. The predicted molar refractivity (Wildman–Crippen MR) is 101 cm³/mol. The van der Waals surface area contributed by atoms with Gasteiger partial charge in [0.15, 0.2) is 5.96 Å². The maximum atomic E-state index is 11.8. The molecule has 130 valence electrons. The monoisotopic (exact) mass is 365 g/mol. The number of aryl methyl sites for hydroxylation is 1. The number of hydrogen-bond acceptors (Lipinski definition) is 5. The average Bonchev–Trinajstić information content (AvgIpc) is 3.22. The van der Waals surface area contributed by atoms with Crippen molar-refractivity contribution in [3.63, 3.8) is 0 Å². The summed E-state index contributed by atoms with van der Waals surface area (Å²) in [5.41, 5.74) is 1.05. The Balaban J connectivity index is 1.67. The molecule has 0 spiro atoms. The van der Waals surface area contributed by atoms with Crippen LogP contribution in [-0.4, -0.2) is 48.9 Å². The van der Waals surface area contributed by atoms with E-state index >= 15 is 0 Å². The molecule has 0 unspecified atom stereocenters. The zero-order chi connectivity index (χ0) is 17.4. The Bertz CT molecular complexity index is 666. The molecule has 2 aromatic heterocycles. The molecule has 0 aromatic carbocycles. The first kappa shape index (κ1) is 18.4. The molecule has 0 fully saturated rings. The van der Waals surface area contributed by atoms with Gasteiger partial charge in [0.1, 0.15) is 0 Å². The number of thiazole rings is 1. The second-order valence-corrected chi connectivity index (χ2v) is 7.28. The van der Waals surface area contributed by atoms with Crippen LogP contribution >= 0.6 is 22.7 Å². The lowest BCUT2D eigenvalue weighted by Crippen LogP contribution is -2.39. The first-order chi connectivity index (χ1) is 11.6. The maximum Gasteiger partial charge on any atom is 0.261 e. The van der Waals surface area contributed by atoms with Crippen LogP contribution in [-0.2, 0) is 6.54 Å². The fourth-order valence-electron chi connectivity index (χ4n) is 2.17. The van der Waals surface area contributed by atoms with Gasteiger partial charge in [-0.1, -0.05) is 6.07 Å². The molecule has 0 saturated carbocycles. The van der Waals surface area contributed by atoms with E-state index in [1.54, 1.807) is 18.4 Å². The molecule has 2 rings (SSSR count). The van der Waals surface area contributed by atoms with E-state index in [0.717, 1.165) is 41.0 Å². The summed E-state index contributed by atoms with van der Waals surface area (Å²) in [6.07, 6.45) is 0.833. The molecule has 0 aliphatic carbocycles. The van der Waals surface area contributed by atoms with Crippen molar-refractivity contribution in [1.29, 1.82) is 0 Å². The molecule has 0 atom stereocenters. The molecule has 0 aliphatic rings. The Kier molecular flexibility index (Phi) is 7.20. The number of nitrogens with one attached hydrogen (secondary N) is 2. The van der Waals surface area contributed by atoms with Crippen molar-refractivity contribution in [2.75, 3.05) is 27.2 Å². The van der Waals surface area contributed by atoms with Crippen LogP contribution in [0.25, 0.3) is 0 Å². The quantitative estimate of drug-likeness (QED) is 0.449. The molecule has 0 radical (unpaired) electrons. The standard InChI is InChI=1S/C16H23N5OS2/c1-12-20-13(11-24-12)10-21(3)16(17-2)19-8-5-7-18-15(22)14-6-4-9-23-14/h4,6,9,11H,5,7-8,10H2,1-3H3,(H,17,19)(H,18,22). The largest absolute Gasteiger partial charge is 0.356 e. The van der Waals surface area contributed by atoms with Gasteiger partial charge < -0.3 is 15.5 Å². The SMILES string of the molecule is CN=C(NCCCNC(=O)c1cccs1)N(C)Cc1csc(C)n1. The summed E-state index contributed by atoms with van der Waals surface area (Å²) in [5.74, 6) is 0.815. The zero-order valence-electron chi connectivity index (χ0n) is 14.2. The summed E-state index contributed by atoms with van der Waals surface area (Å²) in [4.78, 5) is 23.4. The molecular weight excluding hydrogens is 342 g/mol. The highest BCUT2D eigenvalue weighted by Gasteiger charge is 2.09. The molecule has 1 amide bonds. The van der Waals surface area contributed by atoms with Gasteiger partial charge in [0.25, 0.3) is 5.91 Å². The topological polar surface area (TPSA) is 69.6 Å². The van der Waals surface area contributed by atoms with E-state index < -0.39 is 0 Å². The lowest BCUT2D eigenvalue weighted by Gasteiger charge is -2.21. The number of thiophene rings is 1. The second-order valence-electron chi connectivity index (χ2n) is 5.27. The minimum Gasteiger partial charge on any atom is -0.356 e. The first-order valence-corrected chi connectivity index (χ1v) is 9.50. The zero-order valence-corrected chi connectivity index (χ0v) is 15.8. The van der Waals surface area contributed by atoms with Gasteiger partial charge in [-0.2, -0.15) is 0 Å². The van der Waals surface area contributed by atoms with Crippen molar-refractivity contribution >= 4 is 34.5 Å². The highest BCUT2D eigenvalue weighted by molar-refractivity contribution is 7.12. The molecule has 0 aliphatic heterocycles. The number of guanidine groups is 1. The van der Waals surface area contributed by atoms with Crippen molar-refractivity contribution in [1.82, 2.24) is 20.5 Å². The Morgan fingerprint density at radius 3 is 2.75 bits per heavy atom. The molecule has 24 heavy (non-hydrogen) atoms. The average molecular weight is 366 g/mol. The number of aliphatic imine (C=N–C) groups is 1. The third kappa shape index (κ3) is 5.61. The lowest BCUT2D eigenvalue weighted by molar-refractivity contribution is 0.0957.